The molecule has 1 aliphatic carbocycles. The first-order valence-corrected chi connectivity index (χ1v) is 12.8. The standard InChI is InChI=1S/C24H23F4N7O3S/c1-37-19(16-11-15(6-7-17(16)25)38-24(26,27)28)21(36)31-23-35-34-22(39-23)30-14-4-2-12(3-5-14)18-10-13-8-9-29-20(13)33-32-18/h6-12,14,19H,2-5H2,1H3,(H,29,33)(H,30,34)(H,31,35,36)/t12?,14?,19-/m1/s1. The number of fused-ring (bicyclic) bond motifs is 1. The van der Waals surface area contributed by atoms with E-state index in [0.29, 0.717) is 11.0 Å². The number of ether oxygens (including phenoxy) is 2. The van der Waals surface area contributed by atoms with Gasteiger partial charge in [0.25, 0.3) is 5.91 Å². The highest BCUT2D eigenvalue weighted by Crippen LogP contribution is 2.35. The smallest absolute Gasteiger partial charge is 0.406 e. The van der Waals surface area contributed by atoms with Crippen LogP contribution >= 0.6 is 11.3 Å². The van der Waals surface area contributed by atoms with Gasteiger partial charge in [0.05, 0.1) is 5.69 Å². The van der Waals surface area contributed by atoms with Crippen LogP contribution in [0.2, 0.25) is 0 Å². The average Bonchev–Trinajstić information content (AvgIpc) is 3.54. The number of carbonyl (C=O) groups is 1. The fourth-order valence-corrected chi connectivity index (χ4v) is 5.30. The Morgan fingerprint density at radius 2 is 1.85 bits per heavy atom. The number of aromatic nitrogens is 5. The monoisotopic (exact) mass is 565 g/mol. The molecule has 3 aromatic heterocycles. The zero-order valence-electron chi connectivity index (χ0n) is 20.5. The molecule has 4 aromatic rings. The summed E-state index contributed by atoms with van der Waals surface area (Å²) in [6.45, 7) is 0. The van der Waals surface area contributed by atoms with Crippen molar-refractivity contribution in [3.8, 4) is 5.75 Å². The molecule has 0 unspecified atom stereocenters. The second-order valence-electron chi connectivity index (χ2n) is 8.99. The number of amides is 1. The number of nitrogens with one attached hydrogen (secondary N) is 3. The molecule has 10 nitrogen and oxygen atoms in total. The molecule has 0 saturated heterocycles. The lowest BCUT2D eigenvalue weighted by molar-refractivity contribution is -0.274. The summed E-state index contributed by atoms with van der Waals surface area (Å²) in [7, 11) is 1.13. The van der Waals surface area contributed by atoms with Crippen LogP contribution in [0.5, 0.6) is 5.75 Å². The first kappa shape index (κ1) is 26.7. The van der Waals surface area contributed by atoms with Gasteiger partial charge in [-0.25, -0.2) is 4.39 Å². The summed E-state index contributed by atoms with van der Waals surface area (Å²) in [6.07, 6.45) is -1.10. The second-order valence-corrected chi connectivity index (χ2v) is 9.97. The summed E-state index contributed by atoms with van der Waals surface area (Å²) >= 11 is 1.08. The van der Waals surface area contributed by atoms with Crippen LogP contribution in [0.1, 0.15) is 49.0 Å². The first-order valence-electron chi connectivity index (χ1n) is 12.0. The Balaban J connectivity index is 1.17. The van der Waals surface area contributed by atoms with Gasteiger partial charge in [0.2, 0.25) is 10.3 Å². The van der Waals surface area contributed by atoms with Gasteiger partial charge < -0.3 is 19.8 Å². The maximum atomic E-state index is 14.4. The van der Waals surface area contributed by atoms with E-state index in [4.69, 9.17) is 4.74 Å². The van der Waals surface area contributed by atoms with Crippen molar-refractivity contribution in [2.24, 2.45) is 0 Å². The predicted molar refractivity (Wildman–Crippen MR) is 134 cm³/mol. The zero-order valence-corrected chi connectivity index (χ0v) is 21.3. The van der Waals surface area contributed by atoms with Crippen LogP contribution in [0.4, 0.5) is 27.8 Å². The minimum Gasteiger partial charge on any atom is -0.406 e. The van der Waals surface area contributed by atoms with Crippen molar-refractivity contribution < 1.29 is 31.8 Å². The number of nitrogens with zero attached hydrogens (tertiary/aromatic N) is 4. The Bertz CT molecular complexity index is 1450. The van der Waals surface area contributed by atoms with E-state index in [2.05, 4.69) is 46.8 Å². The van der Waals surface area contributed by atoms with Gasteiger partial charge in [-0.15, -0.1) is 28.5 Å². The number of hydrogen-bond donors (Lipinski definition) is 3. The van der Waals surface area contributed by atoms with Gasteiger partial charge in [-0.2, -0.15) is 5.10 Å². The van der Waals surface area contributed by atoms with Crippen molar-refractivity contribution in [3.63, 3.8) is 0 Å². The predicted octanol–water partition coefficient (Wildman–Crippen LogP) is 5.31. The summed E-state index contributed by atoms with van der Waals surface area (Å²) in [5.41, 5.74) is 1.32. The van der Waals surface area contributed by atoms with E-state index >= 15 is 0 Å². The minimum atomic E-state index is -4.97. The third kappa shape index (κ3) is 6.42. The van der Waals surface area contributed by atoms with Crippen LogP contribution < -0.4 is 15.4 Å². The molecule has 1 atom stereocenters. The summed E-state index contributed by atoms with van der Waals surface area (Å²) < 4.78 is 60.9. The van der Waals surface area contributed by atoms with Crippen molar-refractivity contribution in [3.05, 3.63) is 53.6 Å². The van der Waals surface area contributed by atoms with Crippen molar-refractivity contribution >= 4 is 38.5 Å². The zero-order chi connectivity index (χ0) is 27.6. The van der Waals surface area contributed by atoms with Crippen molar-refractivity contribution in [2.75, 3.05) is 17.7 Å². The van der Waals surface area contributed by atoms with E-state index in [9.17, 15) is 22.4 Å². The number of halogens is 4. The van der Waals surface area contributed by atoms with Crippen LogP contribution in [0.3, 0.4) is 0 Å². The summed E-state index contributed by atoms with van der Waals surface area (Å²) in [6, 6.07) is 6.53. The number of methoxy groups -OCH3 is 1. The lowest BCUT2D eigenvalue weighted by Gasteiger charge is -2.28. The van der Waals surface area contributed by atoms with Gasteiger partial charge in [-0.05, 0) is 56.0 Å². The third-order valence-corrected chi connectivity index (χ3v) is 7.18. The first-order chi connectivity index (χ1) is 18.7. The van der Waals surface area contributed by atoms with Crippen molar-refractivity contribution in [1.82, 2.24) is 25.4 Å². The quantitative estimate of drug-likeness (QED) is 0.245. The van der Waals surface area contributed by atoms with E-state index in [-0.39, 0.29) is 11.2 Å². The van der Waals surface area contributed by atoms with E-state index in [1.165, 1.54) is 0 Å². The van der Waals surface area contributed by atoms with Crippen molar-refractivity contribution in [2.45, 2.75) is 50.1 Å². The summed E-state index contributed by atoms with van der Waals surface area (Å²) in [5.74, 6) is -2.13. The molecule has 3 N–H and O–H groups in total. The Morgan fingerprint density at radius 3 is 2.59 bits per heavy atom. The molecule has 1 aromatic carbocycles. The molecule has 3 heterocycles. The van der Waals surface area contributed by atoms with Gasteiger partial charge in [0.1, 0.15) is 11.6 Å². The Morgan fingerprint density at radius 1 is 1.08 bits per heavy atom. The Kier molecular flexibility index (Phi) is 7.61. The second kappa shape index (κ2) is 11.1. The molecule has 0 radical (unpaired) electrons. The van der Waals surface area contributed by atoms with E-state index in [1.807, 2.05) is 12.3 Å². The molecule has 0 spiro atoms. The molecule has 5 rings (SSSR count). The van der Waals surface area contributed by atoms with E-state index < -0.39 is 35.5 Å². The largest absolute Gasteiger partial charge is 0.573 e. The maximum absolute atomic E-state index is 14.4. The van der Waals surface area contributed by atoms with E-state index in [0.717, 1.165) is 79.1 Å². The Labute approximate surface area is 223 Å². The van der Waals surface area contributed by atoms with Gasteiger partial charge in [0.15, 0.2) is 11.8 Å². The van der Waals surface area contributed by atoms with Gasteiger partial charge >= 0.3 is 6.36 Å². The number of anilines is 2. The molecule has 0 aliphatic heterocycles. The third-order valence-electron chi connectivity index (χ3n) is 6.41. The van der Waals surface area contributed by atoms with Crippen molar-refractivity contribution in [1.29, 1.82) is 0 Å². The highest BCUT2D eigenvalue weighted by molar-refractivity contribution is 7.19. The van der Waals surface area contributed by atoms with Crippen LogP contribution in [0, 0.1) is 5.82 Å². The lowest BCUT2D eigenvalue weighted by atomic mass is 9.84. The van der Waals surface area contributed by atoms with Crippen LogP contribution in [-0.2, 0) is 9.53 Å². The normalized spacial score (nSPS) is 18.6. The number of carbonyl (C=O) groups excluding carboxylic acids is 1. The lowest BCUT2D eigenvalue weighted by Crippen LogP contribution is -2.25. The summed E-state index contributed by atoms with van der Waals surface area (Å²) in [5, 5.41) is 24.0. The number of alkyl halides is 3. The molecule has 1 amide bonds. The number of rotatable bonds is 8. The molecule has 206 valence electrons. The SMILES string of the molecule is CO[C@@H](C(=O)Nc1nnc(NC2CCC(c3cc4cc[nH]c4nn3)CC2)s1)c1cc(OC(F)(F)F)ccc1F. The minimum absolute atomic E-state index is 0.122. The number of hydrogen-bond acceptors (Lipinski definition) is 9. The maximum Gasteiger partial charge on any atom is 0.573 e. The molecule has 1 fully saturated rings. The van der Waals surface area contributed by atoms with Crippen LogP contribution in [0.15, 0.2) is 36.5 Å². The highest BCUT2D eigenvalue weighted by Gasteiger charge is 2.33. The number of aromatic amines is 1. The molecule has 1 saturated carbocycles. The van der Waals surface area contributed by atoms with E-state index in [1.54, 1.807) is 0 Å². The number of H-pyrrole nitrogens is 1. The van der Waals surface area contributed by atoms with Crippen LogP contribution in [-0.4, -0.2) is 50.8 Å². The molecular weight excluding hydrogens is 542 g/mol. The Hall–Kier alpha value is -3.85. The van der Waals surface area contributed by atoms with Gasteiger partial charge in [-0.3, -0.25) is 10.1 Å². The molecule has 15 heteroatoms. The molecule has 39 heavy (non-hydrogen) atoms. The fraction of sp³-hybridized carbons (Fsp3) is 0.375. The molecule has 1 aliphatic rings. The molecule has 0 bridgehead atoms. The number of benzene rings is 1. The topological polar surface area (TPSA) is 127 Å². The van der Waals surface area contributed by atoms with Gasteiger partial charge in [0, 0.05) is 36.2 Å². The highest BCUT2D eigenvalue weighted by atomic mass is 32.1. The molecular formula is C24H23F4N7O3S. The van der Waals surface area contributed by atoms with Crippen LogP contribution in [0.25, 0.3) is 11.0 Å². The van der Waals surface area contributed by atoms with Gasteiger partial charge in [-0.1, -0.05) is 11.3 Å². The summed E-state index contributed by atoms with van der Waals surface area (Å²) in [4.78, 5) is 15.8. The fourth-order valence-electron chi connectivity index (χ4n) is 4.58. The average molecular weight is 566 g/mol.